The highest BCUT2D eigenvalue weighted by atomic mass is 32.2. The van der Waals surface area contributed by atoms with E-state index in [9.17, 15) is 9.90 Å². The third-order valence-corrected chi connectivity index (χ3v) is 3.99. The molecule has 0 unspecified atom stereocenters. The second-order valence-corrected chi connectivity index (χ2v) is 4.94. The number of nitrogens with zero attached hydrogens (tertiary/aromatic N) is 3. The molecule has 0 amide bonds. The van der Waals surface area contributed by atoms with E-state index in [4.69, 9.17) is 10.8 Å². The van der Waals surface area contributed by atoms with Crippen LogP contribution in [-0.4, -0.2) is 42.7 Å². The number of thioether (sulfide) groups is 1. The van der Waals surface area contributed by atoms with E-state index in [0.717, 1.165) is 0 Å². The summed E-state index contributed by atoms with van der Waals surface area (Å²) < 4.78 is 1.32. The second kappa shape index (κ2) is 4.40. The maximum Gasteiger partial charge on any atom is 0.353 e. The fourth-order valence-electron chi connectivity index (χ4n) is 1.60. The molecule has 0 saturated carbocycles. The Kier molecular flexibility index (Phi) is 3.13. The summed E-state index contributed by atoms with van der Waals surface area (Å²) in [6.45, 7) is -0.118. The number of hydrogen-bond donors (Lipinski definition) is 3. The first-order valence-corrected chi connectivity index (χ1v) is 5.71. The standard InChI is InChI=1S/C8H12N4O3S/c9-7-10-3-12(8(15)11-7)6-1-4(14)5(2-13)16-6/h3-6,13-14H,1-2H2,(H2,9,11,15)/t4-,5+,6-/m0/s1. The summed E-state index contributed by atoms with van der Waals surface area (Å²) in [6, 6.07) is 0. The van der Waals surface area contributed by atoms with Crippen LogP contribution in [0, 0.1) is 0 Å². The van der Waals surface area contributed by atoms with Crippen LogP contribution in [0.2, 0.25) is 0 Å². The Hall–Kier alpha value is -1.12. The Balaban J connectivity index is 2.23. The highest BCUT2D eigenvalue weighted by Gasteiger charge is 2.34. The molecule has 2 rings (SSSR count). The Morgan fingerprint density at radius 2 is 2.44 bits per heavy atom. The number of nitrogen functional groups attached to an aromatic ring is 1. The minimum absolute atomic E-state index is 0.0662. The molecule has 0 radical (unpaired) electrons. The second-order valence-electron chi connectivity index (χ2n) is 3.52. The lowest BCUT2D eigenvalue weighted by atomic mass is 10.2. The minimum Gasteiger partial charge on any atom is -0.395 e. The molecule has 1 aliphatic heterocycles. The molecule has 1 aliphatic rings. The summed E-state index contributed by atoms with van der Waals surface area (Å²) in [5.74, 6) is -0.0662. The predicted octanol–water partition coefficient (Wildman–Crippen LogP) is -1.42. The average Bonchev–Trinajstić information content (AvgIpc) is 2.59. The number of aliphatic hydroxyl groups is 2. The van der Waals surface area contributed by atoms with E-state index in [1.807, 2.05) is 0 Å². The highest BCUT2D eigenvalue weighted by Crippen LogP contribution is 2.40. The largest absolute Gasteiger partial charge is 0.395 e. The maximum absolute atomic E-state index is 11.5. The summed E-state index contributed by atoms with van der Waals surface area (Å²) in [5.41, 5.74) is 4.79. The van der Waals surface area contributed by atoms with Crippen LogP contribution < -0.4 is 11.4 Å². The summed E-state index contributed by atoms with van der Waals surface area (Å²) in [6.07, 6.45) is 1.09. The molecule has 7 nitrogen and oxygen atoms in total. The first-order valence-electron chi connectivity index (χ1n) is 4.77. The molecule has 1 aromatic rings. The highest BCUT2D eigenvalue weighted by molar-refractivity contribution is 8.00. The van der Waals surface area contributed by atoms with Gasteiger partial charge in [-0.1, -0.05) is 0 Å². The lowest BCUT2D eigenvalue weighted by Gasteiger charge is -2.11. The molecule has 1 fully saturated rings. The summed E-state index contributed by atoms with van der Waals surface area (Å²) in [4.78, 5) is 18.7. The molecule has 2 heterocycles. The number of rotatable bonds is 2. The Bertz CT molecular complexity index is 438. The van der Waals surface area contributed by atoms with Gasteiger partial charge in [0.1, 0.15) is 6.33 Å². The molecule has 4 N–H and O–H groups in total. The lowest BCUT2D eigenvalue weighted by molar-refractivity contribution is 0.137. The van der Waals surface area contributed by atoms with Crippen LogP contribution >= 0.6 is 11.8 Å². The number of aliphatic hydroxyl groups excluding tert-OH is 2. The number of nitrogens with two attached hydrogens (primary N) is 1. The smallest absolute Gasteiger partial charge is 0.353 e. The van der Waals surface area contributed by atoms with Crippen molar-refractivity contribution < 1.29 is 10.2 Å². The van der Waals surface area contributed by atoms with E-state index in [1.165, 1.54) is 22.7 Å². The molecule has 1 saturated heterocycles. The van der Waals surface area contributed by atoms with E-state index in [-0.39, 0.29) is 23.2 Å². The van der Waals surface area contributed by atoms with Gasteiger partial charge in [0, 0.05) is 6.42 Å². The van der Waals surface area contributed by atoms with Crippen LogP contribution in [0.25, 0.3) is 0 Å². The molecular formula is C8H12N4O3S. The maximum atomic E-state index is 11.5. The zero-order valence-electron chi connectivity index (χ0n) is 8.35. The van der Waals surface area contributed by atoms with Gasteiger partial charge in [0.2, 0.25) is 5.95 Å². The number of anilines is 1. The number of hydrogen-bond acceptors (Lipinski definition) is 7. The van der Waals surface area contributed by atoms with E-state index in [0.29, 0.717) is 6.42 Å². The van der Waals surface area contributed by atoms with Gasteiger partial charge < -0.3 is 15.9 Å². The zero-order valence-corrected chi connectivity index (χ0v) is 9.17. The molecule has 88 valence electrons. The predicted molar refractivity (Wildman–Crippen MR) is 58.8 cm³/mol. The Morgan fingerprint density at radius 3 is 3.00 bits per heavy atom. The quantitative estimate of drug-likeness (QED) is 0.584. The van der Waals surface area contributed by atoms with Crippen LogP contribution in [0.5, 0.6) is 0 Å². The Morgan fingerprint density at radius 1 is 1.69 bits per heavy atom. The molecule has 0 spiro atoms. The molecule has 0 aromatic carbocycles. The topological polar surface area (TPSA) is 114 Å². The lowest BCUT2D eigenvalue weighted by Crippen LogP contribution is -2.26. The first-order chi connectivity index (χ1) is 7.61. The van der Waals surface area contributed by atoms with Crippen LogP contribution in [0.3, 0.4) is 0 Å². The molecule has 3 atom stereocenters. The van der Waals surface area contributed by atoms with Gasteiger partial charge in [0.05, 0.1) is 23.3 Å². The summed E-state index contributed by atoms with van der Waals surface area (Å²) in [7, 11) is 0. The van der Waals surface area contributed by atoms with Gasteiger partial charge in [-0.3, -0.25) is 4.57 Å². The van der Waals surface area contributed by atoms with Crippen molar-refractivity contribution in [2.75, 3.05) is 12.3 Å². The van der Waals surface area contributed by atoms with Crippen molar-refractivity contribution in [3.05, 3.63) is 16.8 Å². The van der Waals surface area contributed by atoms with Crippen molar-refractivity contribution in [1.82, 2.24) is 14.5 Å². The monoisotopic (exact) mass is 244 g/mol. The van der Waals surface area contributed by atoms with E-state index in [1.54, 1.807) is 0 Å². The van der Waals surface area contributed by atoms with Gasteiger partial charge >= 0.3 is 5.69 Å². The van der Waals surface area contributed by atoms with Gasteiger partial charge in [-0.25, -0.2) is 9.78 Å². The van der Waals surface area contributed by atoms with Gasteiger partial charge in [0.15, 0.2) is 0 Å². The zero-order chi connectivity index (χ0) is 11.7. The first kappa shape index (κ1) is 11.4. The van der Waals surface area contributed by atoms with Crippen molar-refractivity contribution in [3.8, 4) is 0 Å². The molecule has 0 aliphatic carbocycles. The molecule has 1 aromatic heterocycles. The van der Waals surface area contributed by atoms with Gasteiger partial charge in [-0.05, 0) is 0 Å². The van der Waals surface area contributed by atoms with Crippen LogP contribution in [0.1, 0.15) is 11.8 Å². The SMILES string of the molecule is Nc1ncn([C@@H]2C[C@H](O)[C@@H](CO)S2)c(=O)n1. The van der Waals surface area contributed by atoms with Crippen molar-refractivity contribution in [3.63, 3.8) is 0 Å². The van der Waals surface area contributed by atoms with Crippen molar-refractivity contribution in [1.29, 1.82) is 0 Å². The molecule has 8 heteroatoms. The van der Waals surface area contributed by atoms with Gasteiger partial charge in [-0.15, -0.1) is 11.8 Å². The van der Waals surface area contributed by atoms with Gasteiger partial charge in [-0.2, -0.15) is 4.98 Å². The summed E-state index contributed by atoms with van der Waals surface area (Å²) in [5, 5.41) is 18.1. The van der Waals surface area contributed by atoms with Crippen LogP contribution in [0.4, 0.5) is 5.95 Å². The van der Waals surface area contributed by atoms with Crippen molar-refractivity contribution in [2.45, 2.75) is 23.1 Å². The third-order valence-electron chi connectivity index (χ3n) is 2.44. The fourth-order valence-corrected chi connectivity index (χ4v) is 2.97. The van der Waals surface area contributed by atoms with E-state index >= 15 is 0 Å². The fraction of sp³-hybridized carbons (Fsp3) is 0.625. The number of aromatic nitrogens is 3. The third kappa shape index (κ3) is 2.04. The summed E-state index contributed by atoms with van der Waals surface area (Å²) >= 11 is 1.33. The van der Waals surface area contributed by atoms with Crippen LogP contribution in [0.15, 0.2) is 11.1 Å². The van der Waals surface area contributed by atoms with Crippen molar-refractivity contribution >= 4 is 17.7 Å². The average molecular weight is 244 g/mol. The van der Waals surface area contributed by atoms with Gasteiger partial charge in [0.25, 0.3) is 0 Å². The van der Waals surface area contributed by atoms with E-state index in [2.05, 4.69) is 9.97 Å². The van der Waals surface area contributed by atoms with E-state index < -0.39 is 11.8 Å². The molecule has 0 bridgehead atoms. The normalized spacial score (nSPS) is 29.5. The Labute approximate surface area is 95.3 Å². The van der Waals surface area contributed by atoms with Crippen molar-refractivity contribution in [2.24, 2.45) is 0 Å². The minimum atomic E-state index is -0.621. The van der Waals surface area contributed by atoms with Crippen LogP contribution in [-0.2, 0) is 0 Å². The molecule has 16 heavy (non-hydrogen) atoms. The molecular weight excluding hydrogens is 232 g/mol.